The molecule has 0 aromatic heterocycles. The average Bonchev–Trinajstić information content (AvgIpc) is 2.55. The molecule has 1 atom stereocenters. The summed E-state index contributed by atoms with van der Waals surface area (Å²) in [6.45, 7) is 0. The van der Waals surface area contributed by atoms with Crippen molar-refractivity contribution in [3.8, 4) is 11.1 Å². The number of esters is 1. The molecule has 4 nitrogen and oxygen atoms in total. The number of halogens is 1. The number of methoxy groups -OCH3 is 1. The van der Waals surface area contributed by atoms with Gasteiger partial charge in [-0.3, -0.25) is 13.8 Å². The van der Waals surface area contributed by atoms with Gasteiger partial charge < -0.3 is 4.74 Å². The van der Waals surface area contributed by atoms with Crippen LogP contribution in [0, 0.1) is 5.82 Å². The van der Waals surface area contributed by atoms with E-state index in [9.17, 15) is 18.2 Å². The van der Waals surface area contributed by atoms with Gasteiger partial charge in [0.25, 0.3) is 0 Å². The Bertz CT molecular complexity index is 741. The zero-order valence-electron chi connectivity index (χ0n) is 12.5. The number of ether oxygens (including phenoxy) is 1. The Morgan fingerprint density at radius 1 is 1.04 bits per heavy atom. The third-order valence-electron chi connectivity index (χ3n) is 3.19. The predicted molar refractivity (Wildman–Crippen MR) is 86.1 cm³/mol. The highest BCUT2D eigenvalue weighted by molar-refractivity contribution is 7.86. The number of ketones is 1. The first-order chi connectivity index (χ1) is 11.0. The summed E-state index contributed by atoms with van der Waals surface area (Å²) in [6, 6.07) is 12.7. The summed E-state index contributed by atoms with van der Waals surface area (Å²) in [6.07, 6.45) is 0. The van der Waals surface area contributed by atoms with Gasteiger partial charge in [0.1, 0.15) is 11.6 Å². The van der Waals surface area contributed by atoms with Crippen LogP contribution in [0.25, 0.3) is 11.1 Å². The number of hydrogen-bond donors (Lipinski definition) is 0. The zero-order valence-corrected chi connectivity index (χ0v) is 13.3. The van der Waals surface area contributed by atoms with Crippen molar-refractivity contribution in [3.05, 3.63) is 59.9 Å². The molecule has 2 rings (SSSR count). The summed E-state index contributed by atoms with van der Waals surface area (Å²) < 4.78 is 29.8. The van der Waals surface area contributed by atoms with Gasteiger partial charge in [0.05, 0.1) is 12.9 Å². The SMILES string of the molecule is COC(=O)CS(=O)CC(=O)c1ccc(-c2ccccc2F)cc1. The van der Waals surface area contributed by atoms with Crippen LogP contribution in [0.1, 0.15) is 10.4 Å². The van der Waals surface area contributed by atoms with E-state index >= 15 is 0 Å². The molecule has 0 spiro atoms. The van der Waals surface area contributed by atoms with Gasteiger partial charge in [0.2, 0.25) is 0 Å². The number of carbonyl (C=O) groups excluding carboxylic acids is 2. The van der Waals surface area contributed by atoms with Crippen LogP contribution in [0.2, 0.25) is 0 Å². The van der Waals surface area contributed by atoms with Crippen molar-refractivity contribution in [1.29, 1.82) is 0 Å². The lowest BCUT2D eigenvalue weighted by atomic mass is 10.0. The van der Waals surface area contributed by atoms with Crippen molar-refractivity contribution in [2.45, 2.75) is 0 Å². The van der Waals surface area contributed by atoms with Crippen LogP contribution in [-0.4, -0.2) is 34.6 Å². The fourth-order valence-electron chi connectivity index (χ4n) is 2.00. The van der Waals surface area contributed by atoms with Gasteiger partial charge in [0, 0.05) is 21.9 Å². The Balaban J connectivity index is 2.08. The van der Waals surface area contributed by atoms with E-state index in [1.54, 1.807) is 42.5 Å². The quantitative estimate of drug-likeness (QED) is 0.602. The normalized spacial score (nSPS) is 11.7. The fourth-order valence-corrected chi connectivity index (χ4v) is 2.94. The summed E-state index contributed by atoms with van der Waals surface area (Å²) in [5.74, 6) is -1.87. The highest BCUT2D eigenvalue weighted by Gasteiger charge is 2.14. The smallest absolute Gasteiger partial charge is 0.318 e. The van der Waals surface area contributed by atoms with E-state index in [4.69, 9.17) is 0 Å². The van der Waals surface area contributed by atoms with Crippen LogP contribution in [0.4, 0.5) is 4.39 Å². The summed E-state index contributed by atoms with van der Waals surface area (Å²) in [5.41, 5.74) is 1.46. The first-order valence-corrected chi connectivity index (χ1v) is 8.30. The highest BCUT2D eigenvalue weighted by Crippen LogP contribution is 2.22. The summed E-state index contributed by atoms with van der Waals surface area (Å²) >= 11 is 0. The molecule has 0 radical (unpaired) electrons. The van der Waals surface area contributed by atoms with Gasteiger partial charge in [0.15, 0.2) is 5.78 Å². The van der Waals surface area contributed by atoms with Gasteiger partial charge in [-0.25, -0.2) is 4.39 Å². The van der Waals surface area contributed by atoms with Crippen molar-refractivity contribution in [2.75, 3.05) is 18.6 Å². The van der Waals surface area contributed by atoms with E-state index < -0.39 is 16.8 Å². The molecule has 2 aromatic rings. The molecule has 0 fully saturated rings. The number of hydrogen-bond acceptors (Lipinski definition) is 4. The summed E-state index contributed by atoms with van der Waals surface area (Å²) in [5, 5.41) is 0. The predicted octanol–water partition coefficient (Wildman–Crippen LogP) is 2.60. The Morgan fingerprint density at radius 2 is 1.70 bits per heavy atom. The lowest BCUT2D eigenvalue weighted by molar-refractivity contribution is -0.137. The minimum absolute atomic E-state index is 0.256. The van der Waals surface area contributed by atoms with E-state index in [1.165, 1.54) is 13.2 Å². The molecule has 0 bridgehead atoms. The third-order valence-corrected chi connectivity index (χ3v) is 4.33. The van der Waals surface area contributed by atoms with Crippen molar-refractivity contribution < 1.29 is 22.9 Å². The lowest BCUT2D eigenvalue weighted by Crippen LogP contribution is -2.19. The highest BCUT2D eigenvalue weighted by atomic mass is 32.2. The second kappa shape index (κ2) is 7.78. The molecular weight excluding hydrogens is 319 g/mol. The number of rotatable bonds is 6. The van der Waals surface area contributed by atoms with E-state index in [1.807, 2.05) is 0 Å². The van der Waals surface area contributed by atoms with Crippen molar-refractivity contribution in [1.82, 2.24) is 0 Å². The first-order valence-electron chi connectivity index (χ1n) is 6.81. The number of carbonyl (C=O) groups is 2. The minimum atomic E-state index is -1.61. The van der Waals surface area contributed by atoms with Gasteiger partial charge in [-0.05, 0) is 11.6 Å². The molecule has 0 aliphatic carbocycles. The summed E-state index contributed by atoms with van der Waals surface area (Å²) in [4.78, 5) is 23.0. The Hall–Kier alpha value is -2.34. The molecule has 0 amide bonds. The van der Waals surface area contributed by atoms with E-state index in [2.05, 4.69) is 4.74 Å². The van der Waals surface area contributed by atoms with Crippen molar-refractivity contribution in [2.24, 2.45) is 0 Å². The van der Waals surface area contributed by atoms with Gasteiger partial charge in [-0.15, -0.1) is 0 Å². The van der Waals surface area contributed by atoms with Crippen LogP contribution < -0.4 is 0 Å². The molecular formula is C17H15FO4S. The maximum atomic E-state index is 13.7. The topological polar surface area (TPSA) is 60.4 Å². The largest absolute Gasteiger partial charge is 0.468 e. The standard InChI is InChI=1S/C17H15FO4S/c1-22-17(20)11-23(21)10-16(19)13-8-6-12(7-9-13)14-4-2-3-5-15(14)18/h2-9H,10-11H2,1H3. The molecule has 6 heteroatoms. The van der Waals surface area contributed by atoms with Crippen LogP contribution in [0.3, 0.4) is 0 Å². The zero-order chi connectivity index (χ0) is 16.8. The third kappa shape index (κ3) is 4.56. The molecule has 23 heavy (non-hydrogen) atoms. The molecule has 0 N–H and O–H groups in total. The van der Waals surface area contributed by atoms with E-state index in [0.717, 1.165) is 0 Å². The van der Waals surface area contributed by atoms with Crippen LogP contribution in [0.15, 0.2) is 48.5 Å². The Labute approximate surface area is 135 Å². The Morgan fingerprint density at radius 3 is 2.30 bits per heavy atom. The molecule has 0 aliphatic rings. The van der Waals surface area contributed by atoms with Crippen LogP contribution in [-0.2, 0) is 20.3 Å². The number of benzene rings is 2. The van der Waals surface area contributed by atoms with E-state index in [0.29, 0.717) is 16.7 Å². The molecule has 0 aliphatic heterocycles. The maximum absolute atomic E-state index is 13.7. The van der Waals surface area contributed by atoms with Gasteiger partial charge in [-0.1, -0.05) is 42.5 Å². The molecule has 1 unspecified atom stereocenters. The second-order valence-electron chi connectivity index (χ2n) is 4.79. The van der Waals surface area contributed by atoms with Crippen LogP contribution in [0.5, 0.6) is 0 Å². The molecule has 0 saturated heterocycles. The lowest BCUT2D eigenvalue weighted by Gasteiger charge is -2.05. The van der Waals surface area contributed by atoms with E-state index in [-0.39, 0.29) is 23.1 Å². The maximum Gasteiger partial charge on any atom is 0.318 e. The minimum Gasteiger partial charge on any atom is -0.468 e. The molecule has 120 valence electrons. The molecule has 0 saturated carbocycles. The summed E-state index contributed by atoms with van der Waals surface area (Å²) in [7, 11) is -0.412. The monoisotopic (exact) mass is 334 g/mol. The van der Waals surface area contributed by atoms with Gasteiger partial charge >= 0.3 is 5.97 Å². The van der Waals surface area contributed by atoms with Gasteiger partial charge in [-0.2, -0.15) is 0 Å². The van der Waals surface area contributed by atoms with Crippen molar-refractivity contribution in [3.63, 3.8) is 0 Å². The molecule has 0 heterocycles. The van der Waals surface area contributed by atoms with Crippen LogP contribution >= 0.6 is 0 Å². The average molecular weight is 334 g/mol. The van der Waals surface area contributed by atoms with Crippen molar-refractivity contribution >= 4 is 22.6 Å². The first kappa shape index (κ1) is 17.0. The Kier molecular flexibility index (Phi) is 5.76. The number of Topliss-reactive ketones (excluding diaryl/α,β-unsaturated/α-hetero) is 1. The molecule has 2 aromatic carbocycles. The fraction of sp³-hybridized carbons (Fsp3) is 0.176. The second-order valence-corrected chi connectivity index (χ2v) is 6.24.